The number of carbonyl (C=O) groups is 1. The molecule has 0 radical (unpaired) electrons. The molecule has 1 aromatic rings. The highest BCUT2D eigenvalue weighted by Crippen LogP contribution is 2.16. The lowest BCUT2D eigenvalue weighted by Gasteiger charge is -2.09. The highest BCUT2D eigenvalue weighted by molar-refractivity contribution is 5.89. The minimum atomic E-state index is -0.508. The van der Waals surface area contributed by atoms with Gasteiger partial charge in [-0.05, 0) is 26.3 Å². The summed E-state index contributed by atoms with van der Waals surface area (Å²) in [7, 11) is 0. The number of hydrogen-bond donors (Lipinski definition) is 2. The maximum Gasteiger partial charge on any atom is 0.319 e. The van der Waals surface area contributed by atoms with Crippen LogP contribution < -0.4 is 10.6 Å². The normalized spacial score (nSPS) is 10.3. The second kappa shape index (κ2) is 8.11. The van der Waals surface area contributed by atoms with Gasteiger partial charge in [0, 0.05) is 31.0 Å². The van der Waals surface area contributed by atoms with Crippen LogP contribution in [0.2, 0.25) is 0 Å². The van der Waals surface area contributed by atoms with Crippen molar-refractivity contribution in [2.75, 3.05) is 18.5 Å². The number of rotatable bonds is 7. The maximum atomic E-state index is 11.6. The lowest BCUT2D eigenvalue weighted by Crippen LogP contribution is -2.30. The summed E-state index contributed by atoms with van der Waals surface area (Å²) in [4.78, 5) is 21.7. The van der Waals surface area contributed by atoms with E-state index in [1.165, 1.54) is 18.2 Å². The first-order valence-electron chi connectivity index (χ1n) is 6.40. The van der Waals surface area contributed by atoms with Crippen molar-refractivity contribution in [2.24, 2.45) is 0 Å². The summed E-state index contributed by atoms with van der Waals surface area (Å²) in [6.07, 6.45) is 0.884. The van der Waals surface area contributed by atoms with Crippen molar-refractivity contribution in [3.05, 3.63) is 34.4 Å². The predicted molar refractivity (Wildman–Crippen MR) is 75.8 cm³/mol. The Labute approximate surface area is 117 Å². The minimum Gasteiger partial charge on any atom is -0.379 e. The van der Waals surface area contributed by atoms with E-state index in [-0.39, 0.29) is 11.8 Å². The lowest BCUT2D eigenvalue weighted by molar-refractivity contribution is -0.384. The van der Waals surface area contributed by atoms with Crippen LogP contribution in [-0.2, 0) is 4.74 Å². The molecule has 0 saturated heterocycles. The molecule has 7 heteroatoms. The molecule has 110 valence electrons. The van der Waals surface area contributed by atoms with Gasteiger partial charge in [-0.3, -0.25) is 10.1 Å². The van der Waals surface area contributed by atoms with E-state index in [2.05, 4.69) is 10.6 Å². The average Bonchev–Trinajstić information content (AvgIpc) is 2.38. The molecule has 0 unspecified atom stereocenters. The topological polar surface area (TPSA) is 93.5 Å². The first-order valence-corrected chi connectivity index (χ1v) is 6.40. The number of nitro benzene ring substituents is 1. The summed E-state index contributed by atoms with van der Waals surface area (Å²) in [6, 6.07) is 5.39. The summed E-state index contributed by atoms with van der Waals surface area (Å²) in [5, 5.41) is 15.8. The van der Waals surface area contributed by atoms with Gasteiger partial charge in [-0.25, -0.2) is 4.79 Å². The highest BCUT2D eigenvalue weighted by Gasteiger charge is 2.07. The molecule has 0 fully saturated rings. The van der Waals surface area contributed by atoms with Crippen molar-refractivity contribution in [1.82, 2.24) is 5.32 Å². The van der Waals surface area contributed by atoms with Gasteiger partial charge < -0.3 is 15.4 Å². The maximum absolute atomic E-state index is 11.6. The van der Waals surface area contributed by atoms with Gasteiger partial charge in [-0.1, -0.05) is 6.07 Å². The molecular formula is C13H19N3O4. The quantitative estimate of drug-likeness (QED) is 0.456. The third-order valence-corrected chi connectivity index (χ3v) is 2.37. The van der Waals surface area contributed by atoms with E-state index in [9.17, 15) is 14.9 Å². The number of hydrogen-bond acceptors (Lipinski definition) is 4. The zero-order valence-electron chi connectivity index (χ0n) is 11.6. The van der Waals surface area contributed by atoms with Gasteiger partial charge in [0.15, 0.2) is 0 Å². The number of amides is 2. The molecule has 0 aliphatic carbocycles. The van der Waals surface area contributed by atoms with Gasteiger partial charge in [-0.15, -0.1) is 0 Å². The van der Waals surface area contributed by atoms with Crippen molar-refractivity contribution >= 4 is 17.4 Å². The molecule has 0 aliphatic heterocycles. The smallest absolute Gasteiger partial charge is 0.319 e. The fourth-order valence-corrected chi connectivity index (χ4v) is 1.47. The van der Waals surface area contributed by atoms with Crippen molar-refractivity contribution in [3.63, 3.8) is 0 Å². The number of ether oxygens (including phenoxy) is 1. The molecule has 0 saturated carbocycles. The van der Waals surface area contributed by atoms with Gasteiger partial charge in [0.05, 0.1) is 11.0 Å². The molecule has 0 spiro atoms. The molecule has 7 nitrogen and oxygen atoms in total. The van der Waals surface area contributed by atoms with Crippen LogP contribution in [-0.4, -0.2) is 30.2 Å². The van der Waals surface area contributed by atoms with Crippen LogP contribution in [0.3, 0.4) is 0 Å². The molecule has 2 N–H and O–H groups in total. The Balaban J connectivity index is 2.32. The Bertz CT molecular complexity index is 463. The van der Waals surface area contributed by atoms with E-state index in [4.69, 9.17) is 4.74 Å². The van der Waals surface area contributed by atoms with Crippen molar-refractivity contribution in [3.8, 4) is 0 Å². The highest BCUT2D eigenvalue weighted by atomic mass is 16.6. The summed E-state index contributed by atoms with van der Waals surface area (Å²) < 4.78 is 5.34. The number of carbonyl (C=O) groups excluding carboxylic acids is 1. The molecular weight excluding hydrogens is 262 g/mol. The van der Waals surface area contributed by atoms with Gasteiger partial charge in [0.1, 0.15) is 0 Å². The van der Waals surface area contributed by atoms with Gasteiger partial charge in [0.25, 0.3) is 5.69 Å². The number of non-ortho nitro benzene ring substituents is 1. The lowest BCUT2D eigenvalue weighted by atomic mass is 10.3. The fraction of sp³-hybridized carbons (Fsp3) is 0.462. The zero-order valence-corrected chi connectivity index (χ0v) is 11.6. The second-order valence-electron chi connectivity index (χ2n) is 4.46. The number of benzene rings is 1. The fourth-order valence-electron chi connectivity index (χ4n) is 1.47. The molecule has 0 heterocycles. The standard InChI is InChI=1S/C13H19N3O4/c1-10(2)20-8-4-7-14-13(17)15-11-5-3-6-12(9-11)16(18)19/h3,5-6,9-10H,4,7-8H2,1-2H3,(H2,14,15,17). The Hall–Kier alpha value is -2.15. The molecule has 0 bridgehead atoms. The predicted octanol–water partition coefficient (Wildman–Crippen LogP) is 2.53. The summed E-state index contributed by atoms with van der Waals surface area (Å²) >= 11 is 0. The van der Waals surface area contributed by atoms with Gasteiger partial charge in [-0.2, -0.15) is 0 Å². The zero-order chi connectivity index (χ0) is 15.0. The summed E-state index contributed by atoms with van der Waals surface area (Å²) in [5.74, 6) is 0. The van der Waals surface area contributed by atoms with E-state index < -0.39 is 11.0 Å². The molecule has 0 aliphatic rings. The number of anilines is 1. The van der Waals surface area contributed by atoms with Crippen LogP contribution >= 0.6 is 0 Å². The average molecular weight is 281 g/mol. The van der Waals surface area contributed by atoms with Crippen LogP contribution in [0, 0.1) is 10.1 Å². The van der Waals surface area contributed by atoms with Crippen LogP contribution in [0.5, 0.6) is 0 Å². The largest absolute Gasteiger partial charge is 0.379 e. The van der Waals surface area contributed by atoms with E-state index in [0.29, 0.717) is 25.3 Å². The molecule has 0 atom stereocenters. The minimum absolute atomic E-state index is 0.0619. The Morgan fingerprint density at radius 2 is 2.20 bits per heavy atom. The molecule has 1 rings (SSSR count). The second-order valence-corrected chi connectivity index (χ2v) is 4.46. The third-order valence-electron chi connectivity index (χ3n) is 2.37. The van der Waals surface area contributed by atoms with E-state index in [0.717, 1.165) is 0 Å². The molecule has 2 amide bonds. The number of nitrogens with one attached hydrogen (secondary N) is 2. The van der Waals surface area contributed by atoms with Gasteiger partial charge in [0.2, 0.25) is 0 Å². The SMILES string of the molecule is CC(C)OCCCNC(=O)Nc1cccc([N+](=O)[O-])c1. The number of urea groups is 1. The Morgan fingerprint density at radius 1 is 1.45 bits per heavy atom. The summed E-state index contributed by atoms with van der Waals surface area (Å²) in [5.41, 5.74) is 0.322. The van der Waals surface area contributed by atoms with Crippen molar-refractivity contribution in [1.29, 1.82) is 0 Å². The van der Waals surface area contributed by atoms with Crippen LogP contribution in [0.25, 0.3) is 0 Å². The van der Waals surface area contributed by atoms with E-state index >= 15 is 0 Å². The van der Waals surface area contributed by atoms with Crippen molar-refractivity contribution in [2.45, 2.75) is 26.4 Å². The van der Waals surface area contributed by atoms with E-state index in [1.807, 2.05) is 13.8 Å². The van der Waals surface area contributed by atoms with Crippen molar-refractivity contribution < 1.29 is 14.5 Å². The summed E-state index contributed by atoms with van der Waals surface area (Å²) in [6.45, 7) is 4.95. The monoisotopic (exact) mass is 281 g/mol. The van der Waals surface area contributed by atoms with Crippen LogP contribution in [0.1, 0.15) is 20.3 Å². The molecule has 20 heavy (non-hydrogen) atoms. The Kier molecular flexibility index (Phi) is 6.45. The first kappa shape index (κ1) is 15.9. The Morgan fingerprint density at radius 3 is 2.85 bits per heavy atom. The number of nitro groups is 1. The van der Waals surface area contributed by atoms with E-state index in [1.54, 1.807) is 6.07 Å². The van der Waals surface area contributed by atoms with Gasteiger partial charge >= 0.3 is 6.03 Å². The van der Waals surface area contributed by atoms with Crippen LogP contribution in [0.15, 0.2) is 24.3 Å². The molecule has 0 aromatic heterocycles. The molecule has 1 aromatic carbocycles. The third kappa shape index (κ3) is 6.14. The number of nitrogens with zero attached hydrogens (tertiary/aromatic N) is 1. The first-order chi connectivity index (χ1) is 9.49. The van der Waals surface area contributed by atoms with Crippen LogP contribution in [0.4, 0.5) is 16.2 Å².